The number of rotatable bonds is 5. The molecular weight excluding hydrogens is 320 g/mol. The normalized spacial score (nSPS) is 17.9. The third kappa shape index (κ3) is 4.42. The SMILES string of the molecule is Cc1cc(CC[C@@H]2CN(C(=O)c3cc(C(C)C)no3)CCO2)ncn1. The molecule has 0 saturated carbocycles. The molecule has 0 spiro atoms. The zero-order valence-corrected chi connectivity index (χ0v) is 14.9. The van der Waals surface area contributed by atoms with Crippen molar-refractivity contribution in [3.8, 4) is 0 Å². The van der Waals surface area contributed by atoms with E-state index in [-0.39, 0.29) is 17.9 Å². The van der Waals surface area contributed by atoms with Crippen LogP contribution in [0.5, 0.6) is 0 Å². The lowest BCUT2D eigenvalue weighted by molar-refractivity contribution is -0.0258. The first-order chi connectivity index (χ1) is 12.0. The van der Waals surface area contributed by atoms with Gasteiger partial charge in [0.15, 0.2) is 0 Å². The van der Waals surface area contributed by atoms with E-state index in [2.05, 4.69) is 15.1 Å². The molecule has 0 bridgehead atoms. The third-order valence-corrected chi connectivity index (χ3v) is 4.34. The predicted octanol–water partition coefficient (Wildman–Crippen LogP) is 2.37. The maximum absolute atomic E-state index is 12.6. The summed E-state index contributed by atoms with van der Waals surface area (Å²) in [6.45, 7) is 7.65. The molecule has 7 nitrogen and oxygen atoms in total. The Morgan fingerprint density at radius 3 is 2.92 bits per heavy atom. The Labute approximate surface area is 147 Å². The van der Waals surface area contributed by atoms with E-state index in [4.69, 9.17) is 9.26 Å². The van der Waals surface area contributed by atoms with Crippen molar-refractivity contribution in [2.45, 2.75) is 45.6 Å². The zero-order valence-electron chi connectivity index (χ0n) is 14.9. The molecule has 2 aromatic heterocycles. The van der Waals surface area contributed by atoms with Crippen LogP contribution in [-0.2, 0) is 11.2 Å². The van der Waals surface area contributed by atoms with Gasteiger partial charge in [-0.2, -0.15) is 0 Å². The van der Waals surface area contributed by atoms with Crippen molar-refractivity contribution >= 4 is 5.91 Å². The molecular formula is C18H24N4O3. The second kappa shape index (κ2) is 7.74. The van der Waals surface area contributed by atoms with Crippen LogP contribution in [0.3, 0.4) is 0 Å². The maximum Gasteiger partial charge on any atom is 0.292 e. The van der Waals surface area contributed by atoms with Crippen LogP contribution in [-0.4, -0.2) is 51.7 Å². The number of carbonyl (C=O) groups excluding carboxylic acids is 1. The summed E-state index contributed by atoms with van der Waals surface area (Å²) in [5.41, 5.74) is 2.75. The van der Waals surface area contributed by atoms with Crippen LogP contribution in [0.2, 0.25) is 0 Å². The number of hydrogen-bond acceptors (Lipinski definition) is 6. The molecule has 1 fully saturated rings. The first-order valence-electron chi connectivity index (χ1n) is 8.68. The minimum Gasteiger partial charge on any atom is -0.375 e. The van der Waals surface area contributed by atoms with Crippen LogP contribution in [0.1, 0.15) is 53.8 Å². The largest absolute Gasteiger partial charge is 0.375 e. The van der Waals surface area contributed by atoms with E-state index in [0.29, 0.717) is 25.5 Å². The van der Waals surface area contributed by atoms with E-state index in [9.17, 15) is 4.79 Å². The Kier molecular flexibility index (Phi) is 5.43. The highest BCUT2D eigenvalue weighted by Crippen LogP contribution is 2.18. The van der Waals surface area contributed by atoms with Gasteiger partial charge in [0.1, 0.15) is 6.33 Å². The van der Waals surface area contributed by atoms with Crippen LogP contribution in [0, 0.1) is 6.92 Å². The minimum absolute atomic E-state index is 0.000428. The summed E-state index contributed by atoms with van der Waals surface area (Å²) >= 11 is 0. The molecule has 3 rings (SSSR count). The van der Waals surface area contributed by atoms with Crippen LogP contribution < -0.4 is 0 Å². The number of ether oxygens (including phenoxy) is 1. The summed E-state index contributed by atoms with van der Waals surface area (Å²) in [4.78, 5) is 22.8. The van der Waals surface area contributed by atoms with Crippen molar-refractivity contribution in [1.82, 2.24) is 20.0 Å². The standard InChI is InChI=1S/C18H24N4O3/c1-12(2)16-9-17(25-21-16)18(23)22-6-7-24-15(10-22)5-4-14-8-13(3)19-11-20-14/h8-9,11-12,15H,4-7,10H2,1-3H3/t15-/m1/s1. The maximum atomic E-state index is 12.6. The van der Waals surface area contributed by atoms with Gasteiger partial charge in [-0.25, -0.2) is 9.97 Å². The molecule has 0 aromatic carbocycles. The van der Waals surface area contributed by atoms with Crippen LogP contribution in [0.25, 0.3) is 0 Å². The molecule has 1 aliphatic rings. The number of nitrogens with zero attached hydrogens (tertiary/aromatic N) is 4. The second-order valence-electron chi connectivity index (χ2n) is 6.70. The molecule has 1 saturated heterocycles. The summed E-state index contributed by atoms with van der Waals surface area (Å²) in [5.74, 6) is 0.417. The molecule has 1 aliphatic heterocycles. The summed E-state index contributed by atoms with van der Waals surface area (Å²) in [5, 5.41) is 3.97. The smallest absolute Gasteiger partial charge is 0.292 e. The average molecular weight is 344 g/mol. The van der Waals surface area contributed by atoms with E-state index in [1.165, 1.54) is 0 Å². The molecule has 0 N–H and O–H groups in total. The lowest BCUT2D eigenvalue weighted by Crippen LogP contribution is -2.45. The van der Waals surface area contributed by atoms with Crippen molar-refractivity contribution in [1.29, 1.82) is 0 Å². The average Bonchev–Trinajstić information content (AvgIpc) is 3.10. The first-order valence-corrected chi connectivity index (χ1v) is 8.68. The molecule has 3 heterocycles. The fourth-order valence-electron chi connectivity index (χ4n) is 2.85. The molecule has 1 amide bonds. The predicted molar refractivity (Wildman–Crippen MR) is 91.3 cm³/mol. The Bertz CT molecular complexity index is 729. The van der Waals surface area contributed by atoms with Crippen LogP contribution >= 0.6 is 0 Å². The van der Waals surface area contributed by atoms with Gasteiger partial charge in [-0.3, -0.25) is 4.79 Å². The fourth-order valence-corrected chi connectivity index (χ4v) is 2.85. The van der Waals surface area contributed by atoms with Gasteiger partial charge in [0.2, 0.25) is 5.76 Å². The fraction of sp³-hybridized carbons (Fsp3) is 0.556. The van der Waals surface area contributed by atoms with Crippen molar-refractivity contribution in [3.63, 3.8) is 0 Å². The van der Waals surface area contributed by atoms with Gasteiger partial charge >= 0.3 is 0 Å². The zero-order chi connectivity index (χ0) is 17.8. The molecule has 0 unspecified atom stereocenters. The lowest BCUT2D eigenvalue weighted by Gasteiger charge is -2.32. The number of amides is 1. The first kappa shape index (κ1) is 17.5. The third-order valence-electron chi connectivity index (χ3n) is 4.34. The monoisotopic (exact) mass is 344 g/mol. The Hall–Kier alpha value is -2.28. The Balaban J connectivity index is 1.57. The second-order valence-corrected chi connectivity index (χ2v) is 6.70. The molecule has 0 radical (unpaired) electrons. The van der Waals surface area contributed by atoms with E-state index >= 15 is 0 Å². The summed E-state index contributed by atoms with van der Waals surface area (Å²) in [6, 6.07) is 3.72. The van der Waals surface area contributed by atoms with Crippen molar-refractivity contribution < 1.29 is 14.1 Å². The Morgan fingerprint density at radius 1 is 1.36 bits per heavy atom. The molecule has 25 heavy (non-hydrogen) atoms. The van der Waals surface area contributed by atoms with Crippen molar-refractivity contribution in [2.24, 2.45) is 0 Å². The van der Waals surface area contributed by atoms with Gasteiger partial charge in [-0.1, -0.05) is 19.0 Å². The van der Waals surface area contributed by atoms with Gasteiger partial charge in [-0.15, -0.1) is 0 Å². The molecule has 0 aliphatic carbocycles. The number of aryl methyl sites for hydroxylation is 2. The lowest BCUT2D eigenvalue weighted by atomic mass is 10.1. The van der Waals surface area contributed by atoms with E-state index in [1.54, 1.807) is 17.3 Å². The van der Waals surface area contributed by atoms with Crippen molar-refractivity contribution in [3.05, 3.63) is 41.3 Å². The van der Waals surface area contributed by atoms with Crippen molar-refractivity contribution in [2.75, 3.05) is 19.7 Å². The molecule has 1 atom stereocenters. The van der Waals surface area contributed by atoms with Gasteiger partial charge in [-0.05, 0) is 31.7 Å². The number of aromatic nitrogens is 3. The summed E-state index contributed by atoms with van der Waals surface area (Å²) < 4.78 is 11.0. The highest BCUT2D eigenvalue weighted by atomic mass is 16.5. The highest BCUT2D eigenvalue weighted by molar-refractivity contribution is 5.91. The molecule has 7 heteroatoms. The topological polar surface area (TPSA) is 81.4 Å². The minimum atomic E-state index is -0.120. The quantitative estimate of drug-likeness (QED) is 0.828. The van der Waals surface area contributed by atoms with Gasteiger partial charge in [0.05, 0.1) is 18.4 Å². The highest BCUT2D eigenvalue weighted by Gasteiger charge is 2.27. The molecule has 134 valence electrons. The van der Waals surface area contributed by atoms with E-state index < -0.39 is 0 Å². The molecule has 2 aromatic rings. The van der Waals surface area contributed by atoms with Gasteiger partial charge < -0.3 is 14.2 Å². The van der Waals surface area contributed by atoms with E-state index in [0.717, 1.165) is 29.9 Å². The van der Waals surface area contributed by atoms with Gasteiger partial charge in [0.25, 0.3) is 5.91 Å². The summed E-state index contributed by atoms with van der Waals surface area (Å²) in [6.07, 6.45) is 3.20. The number of carbonyl (C=O) groups is 1. The van der Waals surface area contributed by atoms with Gasteiger partial charge in [0, 0.05) is 30.5 Å². The Morgan fingerprint density at radius 2 is 2.20 bits per heavy atom. The number of hydrogen-bond donors (Lipinski definition) is 0. The van der Waals surface area contributed by atoms with E-state index in [1.807, 2.05) is 26.8 Å². The van der Waals surface area contributed by atoms with Crippen LogP contribution in [0.15, 0.2) is 23.0 Å². The summed E-state index contributed by atoms with van der Waals surface area (Å²) in [7, 11) is 0. The van der Waals surface area contributed by atoms with Crippen LogP contribution in [0.4, 0.5) is 0 Å². The number of morpholine rings is 1.